The molecule has 0 aliphatic carbocycles. The van der Waals surface area contributed by atoms with Gasteiger partial charge in [0.05, 0.1) is 12.5 Å². The van der Waals surface area contributed by atoms with E-state index in [1.165, 1.54) is 38.2 Å². The van der Waals surface area contributed by atoms with E-state index in [-0.39, 0.29) is 0 Å². The van der Waals surface area contributed by atoms with Crippen molar-refractivity contribution in [3.05, 3.63) is 25.7 Å². The molecular weight excluding hydrogens is 220 g/mol. The number of aliphatic hydroxyl groups is 1. The van der Waals surface area contributed by atoms with E-state index in [1.807, 2.05) is 0 Å². The molecule has 0 aromatic rings. The molecule has 2 heterocycles. The zero-order valence-corrected chi connectivity index (χ0v) is 10.9. The first kappa shape index (κ1) is 18.5. The van der Waals surface area contributed by atoms with Crippen LogP contribution in [0.2, 0.25) is 0 Å². The quantitative estimate of drug-likeness (QED) is 0.760. The van der Waals surface area contributed by atoms with Crippen molar-refractivity contribution in [2.45, 2.75) is 25.7 Å². The van der Waals surface area contributed by atoms with Gasteiger partial charge in [0.25, 0.3) is 0 Å². The van der Waals surface area contributed by atoms with Gasteiger partial charge in [-0.2, -0.15) is 0 Å². The molecule has 0 saturated carbocycles. The smallest absolute Gasteiger partial charge is 0.0829 e. The highest BCUT2D eigenvalue weighted by molar-refractivity contribution is 4.57. The van der Waals surface area contributed by atoms with Gasteiger partial charge in [0.15, 0.2) is 0 Å². The summed E-state index contributed by atoms with van der Waals surface area (Å²) in [5.41, 5.74) is 0. The van der Waals surface area contributed by atoms with Crippen molar-refractivity contribution in [3.63, 3.8) is 0 Å². The van der Waals surface area contributed by atoms with Crippen molar-refractivity contribution in [1.29, 1.82) is 0 Å². The minimum atomic E-state index is 1.00. The first-order chi connectivity index (χ1) is 8.41. The molecule has 2 aliphatic rings. The summed E-state index contributed by atoms with van der Waals surface area (Å²) in [5.74, 6) is 0. The zero-order valence-electron chi connectivity index (χ0n) is 10.9. The molecule has 0 aromatic heterocycles. The molecule has 17 heavy (non-hydrogen) atoms. The SMILES string of the molecule is C1CCOC1.C1CCOC1.C=COC=C.CO. The molecule has 2 aliphatic heterocycles. The Morgan fingerprint density at radius 1 is 0.824 bits per heavy atom. The molecule has 0 aromatic carbocycles. The topological polar surface area (TPSA) is 47.9 Å². The normalized spacial score (nSPS) is 16.1. The highest BCUT2D eigenvalue weighted by Gasteiger charge is 1.95. The first-order valence-electron chi connectivity index (χ1n) is 5.89. The molecule has 4 heteroatoms. The Labute approximate surface area is 105 Å². The Morgan fingerprint density at radius 3 is 1.18 bits per heavy atom. The van der Waals surface area contributed by atoms with Gasteiger partial charge in [-0.3, -0.25) is 0 Å². The fourth-order valence-corrected chi connectivity index (χ4v) is 1.09. The Kier molecular flexibility index (Phi) is 22.4. The van der Waals surface area contributed by atoms with E-state index < -0.39 is 0 Å². The second-order valence-corrected chi connectivity index (χ2v) is 3.11. The molecule has 0 atom stereocenters. The van der Waals surface area contributed by atoms with Crippen LogP contribution < -0.4 is 0 Å². The highest BCUT2D eigenvalue weighted by Crippen LogP contribution is 1.98. The highest BCUT2D eigenvalue weighted by atomic mass is 16.5. The summed E-state index contributed by atoms with van der Waals surface area (Å²) < 4.78 is 14.2. The van der Waals surface area contributed by atoms with Crippen LogP contribution in [0.3, 0.4) is 0 Å². The van der Waals surface area contributed by atoms with E-state index in [9.17, 15) is 0 Å². The summed E-state index contributed by atoms with van der Waals surface area (Å²) in [5, 5.41) is 7.00. The van der Waals surface area contributed by atoms with Crippen LogP contribution in [0.25, 0.3) is 0 Å². The predicted molar refractivity (Wildman–Crippen MR) is 69.7 cm³/mol. The maximum absolute atomic E-state index is 7.00. The van der Waals surface area contributed by atoms with E-state index in [0.29, 0.717) is 0 Å². The van der Waals surface area contributed by atoms with Crippen molar-refractivity contribution in [2.75, 3.05) is 33.5 Å². The van der Waals surface area contributed by atoms with Gasteiger partial charge >= 0.3 is 0 Å². The van der Waals surface area contributed by atoms with Crippen LogP contribution in [0.4, 0.5) is 0 Å². The average Bonchev–Trinajstić information content (AvgIpc) is 3.11. The second-order valence-electron chi connectivity index (χ2n) is 3.11. The third-order valence-corrected chi connectivity index (χ3v) is 1.85. The van der Waals surface area contributed by atoms with Crippen molar-refractivity contribution in [3.8, 4) is 0 Å². The predicted octanol–water partition coefficient (Wildman–Crippen LogP) is 2.49. The summed E-state index contributed by atoms with van der Waals surface area (Å²) in [6.45, 7) is 10.5. The fraction of sp³-hybridized carbons (Fsp3) is 0.692. The van der Waals surface area contributed by atoms with Gasteiger partial charge < -0.3 is 19.3 Å². The lowest BCUT2D eigenvalue weighted by molar-refractivity contribution is 0.198. The van der Waals surface area contributed by atoms with Gasteiger partial charge in [-0.1, -0.05) is 13.2 Å². The molecule has 2 rings (SSSR count). The summed E-state index contributed by atoms with van der Waals surface area (Å²) >= 11 is 0. The average molecular weight is 246 g/mol. The molecule has 0 amide bonds. The van der Waals surface area contributed by atoms with Gasteiger partial charge in [-0.15, -0.1) is 0 Å². The molecule has 4 nitrogen and oxygen atoms in total. The molecule has 0 unspecified atom stereocenters. The van der Waals surface area contributed by atoms with Crippen LogP contribution in [0.1, 0.15) is 25.7 Å². The van der Waals surface area contributed by atoms with Crippen molar-refractivity contribution in [1.82, 2.24) is 0 Å². The minimum Gasteiger partial charge on any atom is -0.474 e. The van der Waals surface area contributed by atoms with Crippen LogP contribution in [0, 0.1) is 0 Å². The number of ether oxygens (including phenoxy) is 3. The third-order valence-electron chi connectivity index (χ3n) is 1.85. The van der Waals surface area contributed by atoms with E-state index in [0.717, 1.165) is 33.5 Å². The summed E-state index contributed by atoms with van der Waals surface area (Å²) in [7, 11) is 1.00. The molecular formula is C13H26O4. The van der Waals surface area contributed by atoms with Crippen LogP contribution in [-0.2, 0) is 14.2 Å². The largest absolute Gasteiger partial charge is 0.474 e. The van der Waals surface area contributed by atoms with Gasteiger partial charge in [-0.05, 0) is 25.7 Å². The van der Waals surface area contributed by atoms with E-state index >= 15 is 0 Å². The zero-order chi connectivity index (χ0) is 13.2. The van der Waals surface area contributed by atoms with Gasteiger partial charge in [-0.25, -0.2) is 0 Å². The molecule has 0 spiro atoms. The van der Waals surface area contributed by atoms with Crippen LogP contribution in [0.5, 0.6) is 0 Å². The number of aliphatic hydroxyl groups excluding tert-OH is 1. The van der Waals surface area contributed by atoms with Crippen LogP contribution in [0.15, 0.2) is 25.7 Å². The van der Waals surface area contributed by atoms with Crippen molar-refractivity contribution in [2.24, 2.45) is 0 Å². The fourth-order valence-electron chi connectivity index (χ4n) is 1.09. The minimum absolute atomic E-state index is 1.00. The first-order valence-corrected chi connectivity index (χ1v) is 5.89. The van der Waals surface area contributed by atoms with Crippen LogP contribution in [-0.4, -0.2) is 38.6 Å². The third kappa shape index (κ3) is 21.1. The molecule has 1 N–H and O–H groups in total. The van der Waals surface area contributed by atoms with Crippen LogP contribution >= 0.6 is 0 Å². The Hall–Kier alpha value is -0.840. The molecule has 102 valence electrons. The maximum Gasteiger partial charge on any atom is 0.0829 e. The van der Waals surface area contributed by atoms with Gasteiger partial charge in [0.2, 0.25) is 0 Å². The molecule has 2 saturated heterocycles. The Morgan fingerprint density at radius 2 is 1.12 bits per heavy atom. The summed E-state index contributed by atoms with van der Waals surface area (Å²) in [6.07, 6.45) is 7.74. The monoisotopic (exact) mass is 246 g/mol. The molecule has 0 radical (unpaired) electrons. The maximum atomic E-state index is 7.00. The molecule has 2 fully saturated rings. The number of hydrogen-bond acceptors (Lipinski definition) is 4. The number of hydrogen-bond donors (Lipinski definition) is 1. The lowest BCUT2D eigenvalue weighted by Crippen LogP contribution is -1.74. The van der Waals surface area contributed by atoms with E-state index in [4.69, 9.17) is 14.6 Å². The Balaban J connectivity index is 0. The van der Waals surface area contributed by atoms with Gasteiger partial charge in [0, 0.05) is 33.5 Å². The molecule has 0 bridgehead atoms. The second kappa shape index (κ2) is 20.6. The van der Waals surface area contributed by atoms with E-state index in [2.05, 4.69) is 17.9 Å². The lowest BCUT2D eigenvalue weighted by Gasteiger charge is -1.76. The Bertz CT molecular complexity index is 109. The van der Waals surface area contributed by atoms with Crippen molar-refractivity contribution < 1.29 is 19.3 Å². The summed E-state index contributed by atoms with van der Waals surface area (Å²) in [4.78, 5) is 0. The summed E-state index contributed by atoms with van der Waals surface area (Å²) in [6, 6.07) is 0. The lowest BCUT2D eigenvalue weighted by atomic mass is 10.4. The standard InChI is InChI=1S/2C4H8O.C4H6O.CH4O/c2*1-2-4-5-3-1;1-3-5-4-2;1-2/h2*1-4H2;3-4H,1-2H2;2H,1H3. The van der Waals surface area contributed by atoms with E-state index in [1.54, 1.807) is 0 Å². The van der Waals surface area contributed by atoms with Crippen molar-refractivity contribution >= 4 is 0 Å². The van der Waals surface area contributed by atoms with Gasteiger partial charge in [0.1, 0.15) is 0 Å². The number of rotatable bonds is 2.